The number of hydrogen-bond acceptors (Lipinski definition) is 6. The summed E-state index contributed by atoms with van der Waals surface area (Å²) in [6, 6.07) is 7.04. The van der Waals surface area contributed by atoms with E-state index < -0.39 is 5.91 Å². The van der Waals surface area contributed by atoms with E-state index >= 15 is 0 Å². The number of carbonyl (C=O) groups excluding carboxylic acids is 1. The third-order valence-electron chi connectivity index (χ3n) is 3.53. The van der Waals surface area contributed by atoms with Crippen molar-refractivity contribution in [3.05, 3.63) is 57.1 Å². The number of aryl methyl sites for hydroxylation is 2. The molecule has 0 atom stereocenters. The molecule has 0 aliphatic heterocycles. The van der Waals surface area contributed by atoms with Gasteiger partial charge in [0.1, 0.15) is 17.3 Å². The molecule has 3 rings (SSSR count). The van der Waals surface area contributed by atoms with Gasteiger partial charge >= 0.3 is 0 Å². The molecule has 0 aliphatic rings. The highest BCUT2D eigenvalue weighted by Gasteiger charge is 2.14. The maximum Gasteiger partial charge on any atom is 0.276 e. The first kappa shape index (κ1) is 17.8. The standard InChI is InChI=1S/C18H18N4O3S/c1-4-25-15-6-5-10(2)7-12(15)14-9-26-18(21-14)22-17(24)13-8-16(23)20-11(3)19-13/h5-9H,4H2,1-3H3,(H,19,20,23)(H,21,22,24). The molecule has 3 aromatic rings. The van der Waals surface area contributed by atoms with E-state index in [1.54, 1.807) is 6.92 Å². The Morgan fingerprint density at radius 2 is 2.08 bits per heavy atom. The van der Waals surface area contributed by atoms with Gasteiger partial charge in [-0.15, -0.1) is 11.3 Å². The lowest BCUT2D eigenvalue weighted by molar-refractivity contribution is 0.102. The predicted molar refractivity (Wildman–Crippen MR) is 101 cm³/mol. The molecule has 2 aromatic heterocycles. The van der Waals surface area contributed by atoms with Gasteiger partial charge < -0.3 is 9.72 Å². The number of ether oxygens (including phenoxy) is 1. The Bertz CT molecular complexity index is 1010. The lowest BCUT2D eigenvalue weighted by Gasteiger charge is -2.09. The summed E-state index contributed by atoms with van der Waals surface area (Å²) in [5.41, 5.74) is 2.35. The van der Waals surface area contributed by atoms with E-state index in [2.05, 4.69) is 20.3 Å². The average molecular weight is 370 g/mol. The number of amides is 1. The van der Waals surface area contributed by atoms with E-state index in [9.17, 15) is 9.59 Å². The van der Waals surface area contributed by atoms with Gasteiger partial charge in [0.25, 0.3) is 11.5 Å². The first-order valence-corrected chi connectivity index (χ1v) is 8.93. The van der Waals surface area contributed by atoms with Crippen LogP contribution in [0.4, 0.5) is 5.13 Å². The molecule has 0 aliphatic carbocycles. The summed E-state index contributed by atoms with van der Waals surface area (Å²) in [4.78, 5) is 34.8. The Balaban J connectivity index is 1.85. The summed E-state index contributed by atoms with van der Waals surface area (Å²) in [5, 5.41) is 4.96. The largest absolute Gasteiger partial charge is 0.493 e. The average Bonchev–Trinajstić information content (AvgIpc) is 3.04. The molecule has 2 N–H and O–H groups in total. The Labute approximate surface area is 154 Å². The summed E-state index contributed by atoms with van der Waals surface area (Å²) in [6.45, 7) is 6.09. The number of hydrogen-bond donors (Lipinski definition) is 2. The van der Waals surface area contributed by atoms with Gasteiger partial charge in [0.15, 0.2) is 5.13 Å². The Morgan fingerprint density at radius 1 is 1.27 bits per heavy atom. The van der Waals surface area contributed by atoms with Crippen LogP contribution in [0.15, 0.2) is 34.4 Å². The van der Waals surface area contributed by atoms with Gasteiger partial charge in [-0.25, -0.2) is 9.97 Å². The van der Waals surface area contributed by atoms with E-state index in [1.807, 2.05) is 37.4 Å². The monoisotopic (exact) mass is 370 g/mol. The quantitative estimate of drug-likeness (QED) is 0.719. The van der Waals surface area contributed by atoms with Crippen molar-refractivity contribution in [2.75, 3.05) is 11.9 Å². The highest BCUT2D eigenvalue weighted by Crippen LogP contribution is 2.33. The van der Waals surface area contributed by atoms with E-state index in [0.29, 0.717) is 23.3 Å². The lowest BCUT2D eigenvalue weighted by Crippen LogP contribution is -2.19. The Hall–Kier alpha value is -3.00. The normalized spacial score (nSPS) is 10.6. The van der Waals surface area contributed by atoms with Crippen molar-refractivity contribution in [1.29, 1.82) is 0 Å². The molecule has 0 spiro atoms. The predicted octanol–water partition coefficient (Wildman–Crippen LogP) is 3.16. The highest BCUT2D eigenvalue weighted by atomic mass is 32.1. The molecular formula is C18H18N4O3S. The summed E-state index contributed by atoms with van der Waals surface area (Å²) in [7, 11) is 0. The van der Waals surface area contributed by atoms with Crippen LogP contribution < -0.4 is 15.6 Å². The number of nitrogens with one attached hydrogen (secondary N) is 2. The van der Waals surface area contributed by atoms with Gasteiger partial charge in [-0.05, 0) is 32.9 Å². The molecular weight excluding hydrogens is 352 g/mol. The number of aromatic nitrogens is 3. The minimum atomic E-state index is -0.477. The van der Waals surface area contributed by atoms with Crippen molar-refractivity contribution in [2.24, 2.45) is 0 Å². The number of nitrogens with zero attached hydrogens (tertiary/aromatic N) is 2. The van der Waals surface area contributed by atoms with Crippen LogP contribution in [0.2, 0.25) is 0 Å². The number of anilines is 1. The molecule has 0 saturated carbocycles. The number of benzene rings is 1. The Morgan fingerprint density at radius 3 is 2.81 bits per heavy atom. The SMILES string of the molecule is CCOc1ccc(C)cc1-c1csc(NC(=O)c2cc(=O)[nH]c(C)n2)n1. The number of rotatable bonds is 5. The van der Waals surface area contributed by atoms with E-state index in [-0.39, 0.29) is 11.3 Å². The van der Waals surface area contributed by atoms with Crippen molar-refractivity contribution in [2.45, 2.75) is 20.8 Å². The molecule has 1 aromatic carbocycles. The van der Waals surface area contributed by atoms with Gasteiger partial charge in [-0.2, -0.15) is 0 Å². The maximum atomic E-state index is 12.3. The van der Waals surface area contributed by atoms with E-state index in [0.717, 1.165) is 22.9 Å². The van der Waals surface area contributed by atoms with Gasteiger partial charge in [-0.3, -0.25) is 14.9 Å². The van der Waals surface area contributed by atoms with Crippen molar-refractivity contribution < 1.29 is 9.53 Å². The van der Waals surface area contributed by atoms with Crippen LogP contribution in [0.1, 0.15) is 28.8 Å². The van der Waals surface area contributed by atoms with Gasteiger partial charge in [-0.1, -0.05) is 11.6 Å². The molecule has 0 bridgehead atoms. The minimum Gasteiger partial charge on any atom is -0.493 e. The van der Waals surface area contributed by atoms with E-state index in [1.165, 1.54) is 11.3 Å². The van der Waals surface area contributed by atoms with Crippen molar-refractivity contribution in [3.8, 4) is 17.0 Å². The third kappa shape index (κ3) is 3.97. The van der Waals surface area contributed by atoms with Gasteiger partial charge in [0, 0.05) is 17.0 Å². The van der Waals surface area contributed by atoms with Crippen molar-refractivity contribution >= 4 is 22.4 Å². The molecule has 0 fully saturated rings. The smallest absolute Gasteiger partial charge is 0.276 e. The third-order valence-corrected chi connectivity index (χ3v) is 4.29. The fourth-order valence-corrected chi connectivity index (χ4v) is 3.14. The summed E-state index contributed by atoms with van der Waals surface area (Å²) in [5.74, 6) is 0.645. The molecule has 0 saturated heterocycles. The second-order valence-corrected chi connectivity index (χ2v) is 6.50. The first-order chi connectivity index (χ1) is 12.5. The molecule has 8 heteroatoms. The molecule has 2 heterocycles. The molecule has 26 heavy (non-hydrogen) atoms. The first-order valence-electron chi connectivity index (χ1n) is 8.05. The van der Waals surface area contributed by atoms with Crippen LogP contribution in [-0.4, -0.2) is 27.5 Å². The number of H-pyrrole nitrogens is 1. The number of thiazole rings is 1. The molecule has 7 nitrogen and oxygen atoms in total. The van der Waals surface area contributed by atoms with Crippen molar-refractivity contribution in [1.82, 2.24) is 15.0 Å². The minimum absolute atomic E-state index is 0.0496. The summed E-state index contributed by atoms with van der Waals surface area (Å²) < 4.78 is 5.66. The molecule has 134 valence electrons. The zero-order valence-corrected chi connectivity index (χ0v) is 15.4. The Kier molecular flexibility index (Phi) is 5.13. The lowest BCUT2D eigenvalue weighted by atomic mass is 10.1. The fourth-order valence-electron chi connectivity index (χ4n) is 2.44. The van der Waals surface area contributed by atoms with Gasteiger partial charge in [0.05, 0.1) is 12.3 Å². The second kappa shape index (κ2) is 7.49. The van der Waals surface area contributed by atoms with Crippen LogP contribution >= 0.6 is 11.3 Å². The number of carbonyl (C=O) groups is 1. The fraction of sp³-hybridized carbons (Fsp3) is 0.222. The summed E-state index contributed by atoms with van der Waals surface area (Å²) >= 11 is 1.30. The second-order valence-electron chi connectivity index (χ2n) is 5.64. The topological polar surface area (TPSA) is 97.0 Å². The molecule has 0 radical (unpaired) electrons. The molecule has 0 unspecified atom stereocenters. The maximum absolute atomic E-state index is 12.3. The van der Waals surface area contributed by atoms with Crippen LogP contribution in [0.5, 0.6) is 5.75 Å². The van der Waals surface area contributed by atoms with Gasteiger partial charge in [0.2, 0.25) is 0 Å². The zero-order valence-electron chi connectivity index (χ0n) is 14.6. The van der Waals surface area contributed by atoms with E-state index in [4.69, 9.17) is 4.74 Å². The number of aromatic amines is 1. The summed E-state index contributed by atoms with van der Waals surface area (Å²) in [6.07, 6.45) is 0. The van der Waals surface area contributed by atoms with Crippen LogP contribution in [0.3, 0.4) is 0 Å². The zero-order chi connectivity index (χ0) is 18.7. The molecule has 1 amide bonds. The highest BCUT2D eigenvalue weighted by molar-refractivity contribution is 7.14. The van der Waals surface area contributed by atoms with Crippen molar-refractivity contribution in [3.63, 3.8) is 0 Å². The van der Waals surface area contributed by atoms with Crippen LogP contribution in [-0.2, 0) is 0 Å². The van der Waals surface area contributed by atoms with Crippen LogP contribution in [0.25, 0.3) is 11.3 Å². The van der Waals surface area contributed by atoms with Crippen LogP contribution in [0, 0.1) is 13.8 Å².